The van der Waals surface area contributed by atoms with Crippen molar-refractivity contribution in [1.82, 2.24) is 9.97 Å². The maximum absolute atomic E-state index is 6.23. The van der Waals surface area contributed by atoms with Gasteiger partial charge in [-0.2, -0.15) is 0 Å². The molecule has 1 unspecified atom stereocenters. The summed E-state index contributed by atoms with van der Waals surface area (Å²) in [6, 6.07) is 16.3. The lowest BCUT2D eigenvalue weighted by Gasteiger charge is -2.17. The summed E-state index contributed by atoms with van der Waals surface area (Å²) in [6.45, 7) is 2.10. The second kappa shape index (κ2) is 6.02. The maximum atomic E-state index is 6.23. The molecule has 1 atom stereocenters. The highest BCUT2D eigenvalue weighted by Crippen LogP contribution is 2.26. The molecular weight excluding hydrogens is 282 g/mol. The fourth-order valence-corrected chi connectivity index (χ4v) is 2.61. The van der Waals surface area contributed by atoms with Crippen LogP contribution in [0.25, 0.3) is 11.3 Å². The van der Waals surface area contributed by atoms with Gasteiger partial charge in [-0.3, -0.25) is 0 Å². The molecule has 0 aliphatic rings. The van der Waals surface area contributed by atoms with Crippen molar-refractivity contribution in [1.29, 1.82) is 0 Å². The minimum Gasteiger partial charge on any atom is -0.378 e. The van der Waals surface area contributed by atoms with Crippen molar-refractivity contribution in [2.24, 2.45) is 0 Å². The Morgan fingerprint density at radius 1 is 1.10 bits per heavy atom. The number of hydrogen-bond acceptors (Lipinski definition) is 2. The lowest BCUT2D eigenvalue weighted by atomic mass is 10.1. The van der Waals surface area contributed by atoms with E-state index in [1.54, 1.807) is 6.33 Å². The molecule has 3 aromatic rings. The second-order valence-electron chi connectivity index (χ2n) is 4.93. The topological polar surface area (TPSA) is 40.7 Å². The summed E-state index contributed by atoms with van der Waals surface area (Å²) in [6.07, 6.45) is 3.50. The SMILES string of the molecule is CC(Nc1ccc(-c2cnc[nH]2)cc1)c1ccccc1Cl. The van der Waals surface area contributed by atoms with Gasteiger partial charge in [-0.1, -0.05) is 41.9 Å². The minimum atomic E-state index is 0.150. The molecule has 0 amide bonds. The molecule has 2 N–H and O–H groups in total. The average molecular weight is 298 g/mol. The first kappa shape index (κ1) is 13.7. The quantitative estimate of drug-likeness (QED) is 0.719. The van der Waals surface area contributed by atoms with E-state index in [-0.39, 0.29) is 6.04 Å². The zero-order valence-electron chi connectivity index (χ0n) is 11.7. The molecule has 2 aromatic carbocycles. The van der Waals surface area contributed by atoms with Crippen LogP contribution < -0.4 is 5.32 Å². The number of nitrogens with one attached hydrogen (secondary N) is 2. The number of aromatic amines is 1. The lowest BCUT2D eigenvalue weighted by Crippen LogP contribution is -2.06. The Bertz CT molecular complexity index is 705. The number of H-pyrrole nitrogens is 1. The van der Waals surface area contributed by atoms with Crippen molar-refractivity contribution in [2.75, 3.05) is 5.32 Å². The third kappa shape index (κ3) is 3.09. The molecule has 0 bridgehead atoms. The van der Waals surface area contributed by atoms with Crippen LogP contribution in [0, 0.1) is 0 Å². The van der Waals surface area contributed by atoms with E-state index in [1.807, 2.05) is 30.5 Å². The molecule has 0 spiro atoms. The highest BCUT2D eigenvalue weighted by atomic mass is 35.5. The van der Waals surface area contributed by atoms with Gasteiger partial charge in [0.25, 0.3) is 0 Å². The van der Waals surface area contributed by atoms with Gasteiger partial charge in [0.05, 0.1) is 18.2 Å². The van der Waals surface area contributed by atoms with Crippen LogP contribution in [-0.4, -0.2) is 9.97 Å². The Kier molecular flexibility index (Phi) is 3.93. The monoisotopic (exact) mass is 297 g/mol. The zero-order valence-corrected chi connectivity index (χ0v) is 12.4. The molecule has 106 valence electrons. The van der Waals surface area contributed by atoms with E-state index >= 15 is 0 Å². The average Bonchev–Trinajstić information content (AvgIpc) is 3.02. The van der Waals surface area contributed by atoms with Gasteiger partial charge in [-0.25, -0.2) is 4.98 Å². The number of halogens is 1. The highest BCUT2D eigenvalue weighted by Gasteiger charge is 2.08. The number of imidazole rings is 1. The van der Waals surface area contributed by atoms with Crippen LogP contribution in [0.3, 0.4) is 0 Å². The molecule has 0 saturated heterocycles. The van der Waals surface area contributed by atoms with Gasteiger partial charge in [0.15, 0.2) is 0 Å². The Morgan fingerprint density at radius 3 is 2.52 bits per heavy atom. The molecule has 3 nitrogen and oxygen atoms in total. The van der Waals surface area contributed by atoms with E-state index < -0.39 is 0 Å². The van der Waals surface area contributed by atoms with Crippen LogP contribution in [0.5, 0.6) is 0 Å². The molecule has 0 fully saturated rings. The molecular formula is C17H16ClN3. The van der Waals surface area contributed by atoms with Crippen LogP contribution in [0.2, 0.25) is 5.02 Å². The minimum absolute atomic E-state index is 0.150. The first-order valence-corrected chi connectivity index (χ1v) is 7.21. The van der Waals surface area contributed by atoms with Crippen molar-refractivity contribution < 1.29 is 0 Å². The largest absolute Gasteiger partial charge is 0.378 e. The fraction of sp³-hybridized carbons (Fsp3) is 0.118. The van der Waals surface area contributed by atoms with E-state index in [4.69, 9.17) is 11.6 Å². The Hall–Kier alpha value is -2.26. The summed E-state index contributed by atoms with van der Waals surface area (Å²) in [5, 5.41) is 4.25. The van der Waals surface area contributed by atoms with E-state index in [1.165, 1.54) is 0 Å². The third-order valence-corrected chi connectivity index (χ3v) is 3.79. The van der Waals surface area contributed by atoms with Gasteiger partial charge in [-0.15, -0.1) is 0 Å². The van der Waals surface area contributed by atoms with Crippen molar-refractivity contribution in [3.63, 3.8) is 0 Å². The van der Waals surface area contributed by atoms with Gasteiger partial charge in [0.2, 0.25) is 0 Å². The van der Waals surface area contributed by atoms with Gasteiger partial charge >= 0.3 is 0 Å². The second-order valence-corrected chi connectivity index (χ2v) is 5.34. The summed E-state index contributed by atoms with van der Waals surface area (Å²) in [5.41, 5.74) is 4.28. The van der Waals surface area contributed by atoms with Crippen LogP contribution in [-0.2, 0) is 0 Å². The van der Waals surface area contributed by atoms with Gasteiger partial charge < -0.3 is 10.3 Å². The van der Waals surface area contributed by atoms with Crippen LogP contribution in [0.15, 0.2) is 61.1 Å². The lowest BCUT2D eigenvalue weighted by molar-refractivity contribution is 0.885. The molecule has 4 heteroatoms. The number of hydrogen-bond donors (Lipinski definition) is 2. The number of aromatic nitrogens is 2. The number of anilines is 1. The van der Waals surface area contributed by atoms with Crippen molar-refractivity contribution in [3.05, 3.63) is 71.6 Å². The summed E-state index contributed by atoms with van der Waals surface area (Å²) in [4.78, 5) is 7.13. The Labute approximate surface area is 129 Å². The molecule has 0 aliphatic heterocycles. The Balaban J connectivity index is 1.75. The number of benzene rings is 2. The summed E-state index contributed by atoms with van der Waals surface area (Å²) < 4.78 is 0. The van der Waals surface area contributed by atoms with Crippen LogP contribution in [0.1, 0.15) is 18.5 Å². The normalized spacial score (nSPS) is 12.1. The van der Waals surface area contributed by atoms with Crippen molar-refractivity contribution >= 4 is 17.3 Å². The summed E-state index contributed by atoms with van der Waals surface area (Å²) in [7, 11) is 0. The van der Waals surface area contributed by atoms with E-state index in [0.29, 0.717) is 0 Å². The first-order valence-electron chi connectivity index (χ1n) is 6.84. The van der Waals surface area contributed by atoms with Gasteiger partial charge in [0.1, 0.15) is 0 Å². The Morgan fingerprint density at radius 2 is 1.86 bits per heavy atom. The summed E-state index contributed by atoms with van der Waals surface area (Å²) in [5.74, 6) is 0. The molecule has 21 heavy (non-hydrogen) atoms. The predicted molar refractivity (Wildman–Crippen MR) is 87.5 cm³/mol. The number of rotatable bonds is 4. The maximum Gasteiger partial charge on any atom is 0.0924 e. The molecule has 0 aliphatic carbocycles. The van der Waals surface area contributed by atoms with E-state index in [2.05, 4.69) is 46.5 Å². The molecule has 0 radical (unpaired) electrons. The predicted octanol–water partition coefficient (Wildman–Crippen LogP) is 4.90. The fourth-order valence-electron chi connectivity index (χ4n) is 2.31. The van der Waals surface area contributed by atoms with E-state index in [9.17, 15) is 0 Å². The first-order chi connectivity index (χ1) is 10.2. The van der Waals surface area contributed by atoms with Gasteiger partial charge in [-0.05, 0) is 36.2 Å². The zero-order chi connectivity index (χ0) is 14.7. The smallest absolute Gasteiger partial charge is 0.0924 e. The third-order valence-electron chi connectivity index (χ3n) is 3.45. The van der Waals surface area contributed by atoms with Crippen LogP contribution in [0.4, 0.5) is 5.69 Å². The van der Waals surface area contributed by atoms with Crippen LogP contribution >= 0.6 is 11.6 Å². The van der Waals surface area contributed by atoms with Crippen molar-refractivity contribution in [3.8, 4) is 11.3 Å². The van der Waals surface area contributed by atoms with Gasteiger partial charge in [0, 0.05) is 16.8 Å². The molecule has 1 heterocycles. The van der Waals surface area contributed by atoms with Crippen molar-refractivity contribution in [2.45, 2.75) is 13.0 Å². The molecule has 3 rings (SSSR count). The van der Waals surface area contributed by atoms with E-state index in [0.717, 1.165) is 27.5 Å². The number of nitrogens with zero attached hydrogens (tertiary/aromatic N) is 1. The molecule has 0 saturated carbocycles. The standard InChI is InChI=1S/C17H16ClN3/c1-12(15-4-2-3-5-16(15)18)21-14-8-6-13(7-9-14)17-10-19-11-20-17/h2-12,21H,1H3,(H,19,20). The highest BCUT2D eigenvalue weighted by molar-refractivity contribution is 6.31. The summed E-state index contributed by atoms with van der Waals surface area (Å²) >= 11 is 6.23. The molecule has 1 aromatic heterocycles.